The highest BCUT2D eigenvalue weighted by Crippen LogP contribution is 2.37. The van der Waals surface area contributed by atoms with Crippen LogP contribution in [0.4, 0.5) is 0 Å². The van der Waals surface area contributed by atoms with E-state index in [0.29, 0.717) is 18.2 Å². The minimum atomic E-state index is -0.177. The molecule has 0 fully saturated rings. The molecule has 0 bridgehead atoms. The molecule has 1 atom stereocenters. The Morgan fingerprint density at radius 2 is 1.54 bits per heavy atom. The fourth-order valence-corrected chi connectivity index (χ4v) is 5.01. The first-order valence-electron chi connectivity index (χ1n) is 13.1. The van der Waals surface area contributed by atoms with Crippen LogP contribution >= 0.6 is 0 Å². The number of hydrogen-bond acceptors (Lipinski definition) is 2. The van der Waals surface area contributed by atoms with E-state index in [0.717, 1.165) is 45.1 Å². The molecule has 4 heteroatoms. The molecule has 6 rings (SSSR count). The van der Waals surface area contributed by atoms with E-state index >= 15 is 0 Å². The average Bonchev–Trinajstić information content (AvgIpc) is 3.37. The molecule has 0 amide bonds. The molecule has 190 valence electrons. The quantitative estimate of drug-likeness (QED) is 0.174. The molecule has 1 heterocycles. The standard InChI is InChI=1S/C35H29N3O/c1-35(28-17-18-30-29-15-9-10-16-31(29)39-32(30)23-28)21-19-27(20-22-35)34(37-24-25-11-5-3-6-12-25)38-33(36-2)26-13-7-4-8-14-26/h3-21,23H,2,22,24H2,1H3. The number of benzene rings is 4. The van der Waals surface area contributed by atoms with Crippen molar-refractivity contribution in [2.75, 3.05) is 0 Å². The Morgan fingerprint density at radius 1 is 0.821 bits per heavy atom. The second-order valence-electron chi connectivity index (χ2n) is 10.0. The van der Waals surface area contributed by atoms with E-state index in [-0.39, 0.29) is 5.41 Å². The number of fused-ring (bicyclic) bond motifs is 3. The topological polar surface area (TPSA) is 50.2 Å². The number of nitrogens with zero attached hydrogens (tertiary/aromatic N) is 3. The van der Waals surface area contributed by atoms with Crippen molar-refractivity contribution < 1.29 is 4.42 Å². The Labute approximate surface area is 228 Å². The molecular weight excluding hydrogens is 478 g/mol. The van der Waals surface area contributed by atoms with E-state index in [1.54, 1.807) is 0 Å². The smallest absolute Gasteiger partial charge is 0.161 e. The van der Waals surface area contributed by atoms with Gasteiger partial charge in [-0.3, -0.25) is 4.99 Å². The van der Waals surface area contributed by atoms with Crippen molar-refractivity contribution >= 4 is 40.3 Å². The molecule has 1 aliphatic carbocycles. The number of allylic oxidation sites excluding steroid dienone is 2. The number of furan rings is 1. The summed E-state index contributed by atoms with van der Waals surface area (Å²) in [5, 5.41) is 2.29. The Kier molecular flexibility index (Phi) is 6.60. The van der Waals surface area contributed by atoms with Crippen molar-refractivity contribution in [1.82, 2.24) is 0 Å². The zero-order chi connectivity index (χ0) is 26.7. The zero-order valence-corrected chi connectivity index (χ0v) is 21.9. The van der Waals surface area contributed by atoms with Crippen molar-refractivity contribution in [3.05, 3.63) is 144 Å². The Bertz CT molecular complexity index is 1770. The summed E-state index contributed by atoms with van der Waals surface area (Å²) in [6, 6.07) is 34.9. The molecule has 0 spiro atoms. The molecular formula is C35H29N3O. The number of hydrogen-bond donors (Lipinski definition) is 0. The second-order valence-corrected chi connectivity index (χ2v) is 10.0. The summed E-state index contributed by atoms with van der Waals surface area (Å²) < 4.78 is 6.17. The van der Waals surface area contributed by atoms with Crippen LogP contribution in [0.5, 0.6) is 0 Å². The van der Waals surface area contributed by atoms with Crippen LogP contribution in [0.25, 0.3) is 21.9 Å². The van der Waals surface area contributed by atoms with Gasteiger partial charge in [0.1, 0.15) is 11.2 Å². The van der Waals surface area contributed by atoms with Crippen molar-refractivity contribution in [2.24, 2.45) is 15.0 Å². The van der Waals surface area contributed by atoms with Crippen LogP contribution in [-0.2, 0) is 12.0 Å². The van der Waals surface area contributed by atoms with Gasteiger partial charge in [-0.1, -0.05) is 116 Å². The normalized spacial score (nSPS) is 17.9. The minimum Gasteiger partial charge on any atom is -0.456 e. The maximum absolute atomic E-state index is 6.17. The largest absolute Gasteiger partial charge is 0.456 e. The van der Waals surface area contributed by atoms with Gasteiger partial charge in [0, 0.05) is 27.3 Å². The van der Waals surface area contributed by atoms with Crippen LogP contribution in [0.15, 0.2) is 146 Å². The van der Waals surface area contributed by atoms with Gasteiger partial charge in [-0.05, 0) is 36.4 Å². The molecule has 0 radical (unpaired) electrons. The summed E-state index contributed by atoms with van der Waals surface area (Å²) in [6.07, 6.45) is 7.42. The highest BCUT2D eigenvalue weighted by molar-refractivity contribution is 6.13. The molecule has 39 heavy (non-hydrogen) atoms. The summed E-state index contributed by atoms with van der Waals surface area (Å²) in [7, 11) is 0. The average molecular weight is 508 g/mol. The zero-order valence-electron chi connectivity index (χ0n) is 21.9. The number of amidine groups is 2. The third kappa shape index (κ3) is 5.01. The van der Waals surface area contributed by atoms with Crippen molar-refractivity contribution in [3.63, 3.8) is 0 Å². The van der Waals surface area contributed by atoms with E-state index in [1.165, 1.54) is 5.56 Å². The van der Waals surface area contributed by atoms with Gasteiger partial charge in [-0.2, -0.15) is 0 Å². The maximum atomic E-state index is 6.17. The highest BCUT2D eigenvalue weighted by Gasteiger charge is 2.27. The lowest BCUT2D eigenvalue weighted by Gasteiger charge is -2.28. The molecule has 1 unspecified atom stereocenters. The summed E-state index contributed by atoms with van der Waals surface area (Å²) in [5.41, 5.74) is 5.88. The van der Waals surface area contributed by atoms with Crippen LogP contribution < -0.4 is 0 Å². The lowest BCUT2D eigenvalue weighted by atomic mass is 9.76. The van der Waals surface area contributed by atoms with E-state index < -0.39 is 0 Å². The molecule has 0 saturated heterocycles. The third-order valence-corrected chi connectivity index (χ3v) is 7.32. The fraction of sp³-hybridized carbons (Fsp3) is 0.114. The Balaban J connectivity index is 1.33. The number of para-hydroxylation sites is 1. The van der Waals surface area contributed by atoms with Crippen LogP contribution in [0.1, 0.15) is 30.0 Å². The van der Waals surface area contributed by atoms with Gasteiger partial charge >= 0.3 is 0 Å². The van der Waals surface area contributed by atoms with Gasteiger partial charge in [0.2, 0.25) is 0 Å². The van der Waals surface area contributed by atoms with Gasteiger partial charge in [-0.15, -0.1) is 0 Å². The Morgan fingerprint density at radius 3 is 2.28 bits per heavy atom. The molecule has 5 aromatic rings. The van der Waals surface area contributed by atoms with Crippen LogP contribution in [0.2, 0.25) is 0 Å². The SMILES string of the molecule is C=NC(=NC(=NCc1ccccc1)C1=CCC(C)(c2ccc3c(c2)oc2ccccc23)C=C1)c1ccccc1. The van der Waals surface area contributed by atoms with Crippen molar-refractivity contribution in [3.8, 4) is 0 Å². The van der Waals surface area contributed by atoms with Crippen molar-refractivity contribution in [1.29, 1.82) is 0 Å². The molecule has 0 saturated carbocycles. The first kappa shape index (κ1) is 24.5. The lowest BCUT2D eigenvalue weighted by molar-refractivity contribution is 0.595. The van der Waals surface area contributed by atoms with Gasteiger partial charge in [0.25, 0.3) is 0 Å². The first-order valence-corrected chi connectivity index (χ1v) is 13.1. The van der Waals surface area contributed by atoms with Crippen LogP contribution in [-0.4, -0.2) is 18.4 Å². The van der Waals surface area contributed by atoms with Gasteiger partial charge < -0.3 is 4.42 Å². The summed E-state index contributed by atoms with van der Waals surface area (Å²) in [6.45, 7) is 6.56. The molecule has 1 aromatic heterocycles. The van der Waals surface area contributed by atoms with Crippen LogP contribution in [0, 0.1) is 0 Å². The van der Waals surface area contributed by atoms with Crippen molar-refractivity contribution in [2.45, 2.75) is 25.3 Å². The molecule has 4 nitrogen and oxygen atoms in total. The third-order valence-electron chi connectivity index (χ3n) is 7.32. The van der Waals surface area contributed by atoms with Crippen LogP contribution in [0.3, 0.4) is 0 Å². The molecule has 4 aromatic carbocycles. The Hall–Kier alpha value is -4.83. The number of rotatable bonds is 5. The van der Waals surface area contributed by atoms with Gasteiger partial charge in [-0.25, -0.2) is 9.98 Å². The van der Waals surface area contributed by atoms with E-state index in [2.05, 4.69) is 73.3 Å². The monoisotopic (exact) mass is 507 g/mol. The van der Waals surface area contributed by atoms with E-state index in [9.17, 15) is 0 Å². The summed E-state index contributed by atoms with van der Waals surface area (Å²) >= 11 is 0. The van der Waals surface area contributed by atoms with E-state index in [1.807, 2.05) is 66.7 Å². The number of aliphatic imine (C=N–C) groups is 3. The van der Waals surface area contributed by atoms with Gasteiger partial charge in [0.15, 0.2) is 11.7 Å². The minimum absolute atomic E-state index is 0.177. The fourth-order valence-electron chi connectivity index (χ4n) is 5.01. The molecule has 1 aliphatic rings. The summed E-state index contributed by atoms with van der Waals surface area (Å²) in [4.78, 5) is 14.0. The van der Waals surface area contributed by atoms with Gasteiger partial charge in [0.05, 0.1) is 6.54 Å². The maximum Gasteiger partial charge on any atom is 0.161 e. The summed E-state index contributed by atoms with van der Waals surface area (Å²) in [5.74, 6) is 1.21. The molecule has 0 N–H and O–H groups in total. The highest BCUT2D eigenvalue weighted by atomic mass is 16.3. The van der Waals surface area contributed by atoms with E-state index in [4.69, 9.17) is 14.4 Å². The molecule has 0 aliphatic heterocycles. The predicted molar refractivity (Wildman–Crippen MR) is 163 cm³/mol. The first-order chi connectivity index (χ1) is 19.1. The second kappa shape index (κ2) is 10.5. The predicted octanol–water partition coefficient (Wildman–Crippen LogP) is 8.48. The lowest BCUT2D eigenvalue weighted by Crippen LogP contribution is -2.21.